The second kappa shape index (κ2) is 4.63. The third kappa shape index (κ3) is 1.86. The fraction of sp³-hybridized carbons (Fsp3) is 0.0625. The molecule has 1 aliphatic heterocycles. The van der Waals surface area contributed by atoms with Crippen LogP contribution in [0.25, 0.3) is 0 Å². The summed E-state index contributed by atoms with van der Waals surface area (Å²) in [6, 6.07) is 17.2. The first-order valence-electron chi connectivity index (χ1n) is 6.22. The van der Waals surface area contributed by atoms with Gasteiger partial charge >= 0.3 is 0 Å². The van der Waals surface area contributed by atoms with Crippen molar-refractivity contribution in [3.63, 3.8) is 0 Å². The summed E-state index contributed by atoms with van der Waals surface area (Å²) in [5, 5.41) is 9.39. The van der Waals surface area contributed by atoms with Gasteiger partial charge in [0.1, 0.15) is 17.4 Å². The second-order valence-corrected chi connectivity index (χ2v) is 4.63. The Hall–Kier alpha value is -2.93. The van der Waals surface area contributed by atoms with Crippen LogP contribution >= 0.6 is 0 Å². The van der Waals surface area contributed by atoms with Gasteiger partial charge in [0.05, 0.1) is 5.92 Å². The number of hydrogen-bond donors (Lipinski definition) is 2. The molecule has 0 unspecified atom stereocenters. The van der Waals surface area contributed by atoms with Crippen LogP contribution in [0.4, 0.5) is 5.69 Å². The molecule has 4 heteroatoms. The molecule has 0 bridgehead atoms. The van der Waals surface area contributed by atoms with E-state index in [0.29, 0.717) is 17.0 Å². The van der Waals surface area contributed by atoms with Crippen molar-refractivity contribution < 1.29 is 4.74 Å². The molecular formula is C16H13N3O. The molecule has 0 aromatic heterocycles. The molecule has 20 heavy (non-hydrogen) atoms. The van der Waals surface area contributed by atoms with Crippen LogP contribution in [0.5, 0.6) is 5.75 Å². The molecule has 3 rings (SSSR count). The van der Waals surface area contributed by atoms with Crippen LogP contribution in [0.15, 0.2) is 60.0 Å². The summed E-state index contributed by atoms with van der Waals surface area (Å²) in [4.78, 5) is 0. The van der Waals surface area contributed by atoms with Crippen molar-refractivity contribution in [2.75, 3.05) is 5.73 Å². The lowest BCUT2D eigenvalue weighted by Gasteiger charge is -2.26. The number of fused-ring (bicyclic) bond motifs is 1. The minimum absolute atomic E-state index is 0.152. The number of benzene rings is 2. The van der Waals surface area contributed by atoms with Crippen LogP contribution in [-0.2, 0) is 0 Å². The maximum absolute atomic E-state index is 9.39. The monoisotopic (exact) mass is 263 g/mol. The zero-order valence-electron chi connectivity index (χ0n) is 10.7. The van der Waals surface area contributed by atoms with Crippen molar-refractivity contribution in [2.45, 2.75) is 5.92 Å². The van der Waals surface area contributed by atoms with Crippen LogP contribution in [0.1, 0.15) is 17.0 Å². The molecule has 1 atom stereocenters. The molecule has 4 nitrogen and oxygen atoms in total. The van der Waals surface area contributed by atoms with Crippen molar-refractivity contribution in [3.05, 3.63) is 71.1 Å². The quantitative estimate of drug-likeness (QED) is 0.774. The van der Waals surface area contributed by atoms with Crippen LogP contribution in [0.3, 0.4) is 0 Å². The number of anilines is 1. The number of nitrogen functional groups attached to an aromatic ring is 1. The van der Waals surface area contributed by atoms with Crippen molar-refractivity contribution in [1.29, 1.82) is 5.26 Å². The lowest BCUT2D eigenvalue weighted by molar-refractivity contribution is 0.394. The molecule has 4 N–H and O–H groups in total. The van der Waals surface area contributed by atoms with E-state index in [1.807, 2.05) is 36.4 Å². The van der Waals surface area contributed by atoms with Gasteiger partial charge in [-0.25, -0.2) is 0 Å². The number of allylic oxidation sites excluding steroid dienone is 1. The van der Waals surface area contributed by atoms with Gasteiger partial charge in [0.2, 0.25) is 5.88 Å². The van der Waals surface area contributed by atoms with Gasteiger partial charge in [0, 0.05) is 11.3 Å². The van der Waals surface area contributed by atoms with Gasteiger partial charge < -0.3 is 16.2 Å². The molecule has 98 valence electrons. The minimum atomic E-state index is -0.242. The van der Waals surface area contributed by atoms with E-state index < -0.39 is 0 Å². The first-order valence-corrected chi connectivity index (χ1v) is 6.22. The Bertz CT molecular complexity index is 729. The first kappa shape index (κ1) is 12.1. The number of nitriles is 1. The molecule has 0 saturated carbocycles. The zero-order valence-corrected chi connectivity index (χ0v) is 10.7. The highest BCUT2D eigenvalue weighted by Gasteiger charge is 2.30. The summed E-state index contributed by atoms with van der Waals surface area (Å²) < 4.78 is 5.52. The Morgan fingerprint density at radius 2 is 1.80 bits per heavy atom. The van der Waals surface area contributed by atoms with E-state index in [0.717, 1.165) is 11.1 Å². The highest BCUT2D eigenvalue weighted by Crippen LogP contribution is 2.42. The van der Waals surface area contributed by atoms with Gasteiger partial charge in [-0.15, -0.1) is 0 Å². The van der Waals surface area contributed by atoms with Crippen molar-refractivity contribution in [1.82, 2.24) is 0 Å². The smallest absolute Gasteiger partial charge is 0.205 e. The average Bonchev–Trinajstić information content (AvgIpc) is 2.47. The van der Waals surface area contributed by atoms with Crippen molar-refractivity contribution in [2.24, 2.45) is 5.73 Å². The molecule has 0 amide bonds. The Balaban J connectivity index is 2.24. The lowest BCUT2D eigenvalue weighted by Crippen LogP contribution is -2.21. The fourth-order valence-electron chi connectivity index (χ4n) is 2.47. The third-order valence-electron chi connectivity index (χ3n) is 3.37. The highest BCUT2D eigenvalue weighted by atomic mass is 16.5. The molecule has 0 fully saturated rings. The van der Waals surface area contributed by atoms with E-state index in [4.69, 9.17) is 16.2 Å². The Labute approximate surface area is 116 Å². The van der Waals surface area contributed by atoms with Crippen molar-refractivity contribution >= 4 is 5.69 Å². The van der Waals surface area contributed by atoms with E-state index in [1.54, 1.807) is 12.1 Å². The standard InChI is InChI=1S/C16H13N3O/c17-9-13-15(10-4-2-1-3-5-10)12-8-11(18)6-7-14(12)20-16(13)19/h1-8,15H,18-19H2/t15-/m1/s1. The number of nitrogens with two attached hydrogens (primary N) is 2. The molecule has 2 aromatic carbocycles. The van der Waals surface area contributed by atoms with Gasteiger partial charge in [-0.2, -0.15) is 5.26 Å². The van der Waals surface area contributed by atoms with Gasteiger partial charge in [0.25, 0.3) is 0 Å². The van der Waals surface area contributed by atoms with E-state index in [2.05, 4.69) is 6.07 Å². The molecule has 0 saturated heterocycles. The zero-order chi connectivity index (χ0) is 14.1. The SMILES string of the molecule is N#CC1=C(N)Oc2ccc(N)cc2[C@H]1c1ccccc1. The van der Waals surface area contributed by atoms with Crippen LogP contribution < -0.4 is 16.2 Å². The molecule has 0 spiro atoms. The van der Waals surface area contributed by atoms with Crippen molar-refractivity contribution in [3.8, 4) is 11.8 Å². The highest BCUT2D eigenvalue weighted by molar-refractivity contribution is 5.59. The molecule has 2 aromatic rings. The number of hydrogen-bond acceptors (Lipinski definition) is 4. The predicted molar refractivity (Wildman–Crippen MR) is 76.6 cm³/mol. The molecule has 0 radical (unpaired) electrons. The topological polar surface area (TPSA) is 85.1 Å². The maximum Gasteiger partial charge on any atom is 0.205 e. The Morgan fingerprint density at radius 3 is 2.50 bits per heavy atom. The fourth-order valence-corrected chi connectivity index (χ4v) is 2.47. The first-order chi connectivity index (χ1) is 9.70. The van der Waals surface area contributed by atoms with Gasteiger partial charge in [-0.1, -0.05) is 30.3 Å². The average molecular weight is 263 g/mol. The summed E-state index contributed by atoms with van der Waals surface area (Å²) in [5.41, 5.74) is 14.6. The third-order valence-corrected chi connectivity index (χ3v) is 3.37. The Morgan fingerprint density at radius 1 is 1.05 bits per heavy atom. The lowest BCUT2D eigenvalue weighted by atomic mass is 9.83. The second-order valence-electron chi connectivity index (χ2n) is 4.63. The Kier molecular flexibility index (Phi) is 2.81. The van der Waals surface area contributed by atoms with Gasteiger partial charge in [-0.3, -0.25) is 0 Å². The number of ether oxygens (including phenoxy) is 1. The molecule has 0 aliphatic carbocycles. The van der Waals surface area contributed by atoms with Gasteiger partial charge in [-0.05, 0) is 23.8 Å². The van der Waals surface area contributed by atoms with Crippen LogP contribution in [-0.4, -0.2) is 0 Å². The van der Waals surface area contributed by atoms with E-state index in [9.17, 15) is 5.26 Å². The normalized spacial score (nSPS) is 17.1. The largest absolute Gasteiger partial charge is 0.440 e. The maximum atomic E-state index is 9.39. The minimum Gasteiger partial charge on any atom is -0.440 e. The van der Waals surface area contributed by atoms with E-state index in [-0.39, 0.29) is 11.8 Å². The van der Waals surface area contributed by atoms with Crippen LogP contribution in [0, 0.1) is 11.3 Å². The number of rotatable bonds is 1. The van der Waals surface area contributed by atoms with E-state index in [1.165, 1.54) is 0 Å². The summed E-state index contributed by atoms with van der Waals surface area (Å²) in [7, 11) is 0. The van der Waals surface area contributed by atoms with E-state index >= 15 is 0 Å². The summed E-state index contributed by atoms with van der Waals surface area (Å²) in [6.07, 6.45) is 0. The van der Waals surface area contributed by atoms with Gasteiger partial charge in [0.15, 0.2) is 0 Å². The van der Waals surface area contributed by atoms with Crippen LogP contribution in [0.2, 0.25) is 0 Å². The summed E-state index contributed by atoms with van der Waals surface area (Å²) in [5.74, 6) is 0.552. The molecule has 1 heterocycles. The molecule has 1 aliphatic rings. The predicted octanol–water partition coefficient (Wildman–Crippen LogP) is 2.49. The molecular weight excluding hydrogens is 250 g/mol. The number of nitrogens with zero attached hydrogens (tertiary/aromatic N) is 1. The summed E-state index contributed by atoms with van der Waals surface area (Å²) >= 11 is 0. The summed E-state index contributed by atoms with van der Waals surface area (Å²) in [6.45, 7) is 0.